The molecule has 208 valence electrons. The highest BCUT2D eigenvalue weighted by molar-refractivity contribution is 7.91. The molecule has 3 aromatic rings. The Balaban J connectivity index is 1.65. The largest absolute Gasteiger partial charge is 0.457 e. The first-order valence-electron chi connectivity index (χ1n) is 13.8. The molecule has 2 aromatic carbocycles. The fourth-order valence-corrected chi connectivity index (χ4v) is 8.61. The minimum atomic E-state index is -4.00. The Bertz CT molecular complexity index is 1420. The zero-order valence-electron chi connectivity index (χ0n) is 22.9. The quantitative estimate of drug-likeness (QED) is 0.370. The van der Waals surface area contributed by atoms with Gasteiger partial charge in [0.2, 0.25) is 0 Å². The van der Waals surface area contributed by atoms with Crippen molar-refractivity contribution in [3.8, 4) is 0 Å². The summed E-state index contributed by atoms with van der Waals surface area (Å²) in [5.74, 6) is -1.42. The number of imidazole rings is 1. The first-order valence-corrected chi connectivity index (χ1v) is 15.5. The Labute approximate surface area is 231 Å². The molecule has 1 aliphatic heterocycles. The molecule has 7 nitrogen and oxygen atoms in total. The maximum atomic E-state index is 14.3. The Morgan fingerprint density at radius 1 is 1.05 bits per heavy atom. The van der Waals surface area contributed by atoms with E-state index in [0.717, 1.165) is 17.5 Å². The van der Waals surface area contributed by atoms with Gasteiger partial charge < -0.3 is 14.4 Å². The fraction of sp³-hybridized carbons (Fsp3) is 0.484. The minimum absolute atomic E-state index is 0.0964. The third kappa shape index (κ3) is 4.61. The van der Waals surface area contributed by atoms with Gasteiger partial charge in [-0.2, -0.15) is 0 Å². The molecule has 0 bridgehead atoms. The Hall–Kier alpha value is -2.97. The summed E-state index contributed by atoms with van der Waals surface area (Å²) < 4.78 is 35.5. The second-order valence-corrected chi connectivity index (χ2v) is 13.5. The van der Waals surface area contributed by atoms with Crippen LogP contribution in [0.3, 0.4) is 0 Å². The summed E-state index contributed by atoms with van der Waals surface area (Å²) in [5.41, 5.74) is -1.71. The van der Waals surface area contributed by atoms with Gasteiger partial charge in [-0.15, -0.1) is 0 Å². The lowest BCUT2D eigenvalue weighted by atomic mass is 9.53. The number of aromatic nitrogens is 2. The fourth-order valence-electron chi connectivity index (χ4n) is 6.78. The number of sulfone groups is 1. The summed E-state index contributed by atoms with van der Waals surface area (Å²) in [5, 5.41) is 12.5. The van der Waals surface area contributed by atoms with Crippen LogP contribution in [-0.2, 0) is 38.3 Å². The van der Waals surface area contributed by atoms with E-state index in [2.05, 4.69) is 17.1 Å². The topological polar surface area (TPSA) is 98.5 Å². The second kappa shape index (κ2) is 10.2. The molecule has 39 heavy (non-hydrogen) atoms. The lowest BCUT2D eigenvalue weighted by Crippen LogP contribution is -2.72. The molecule has 2 fully saturated rings. The SMILES string of the molecule is CCCC1(CCc2ccccc2)OC(=O)C(CS(=O)(=O)c2cn(C)cn2)(C2CC2)C(O)C1(C)c1ccccc1. The molecule has 8 heteroatoms. The Kier molecular flexibility index (Phi) is 7.22. The summed E-state index contributed by atoms with van der Waals surface area (Å²) in [4.78, 5) is 18.3. The first kappa shape index (κ1) is 27.6. The summed E-state index contributed by atoms with van der Waals surface area (Å²) in [7, 11) is -2.30. The molecule has 4 atom stereocenters. The van der Waals surface area contributed by atoms with Gasteiger partial charge in [0.1, 0.15) is 11.0 Å². The van der Waals surface area contributed by atoms with Crippen LogP contribution in [0.1, 0.15) is 57.1 Å². The van der Waals surface area contributed by atoms with E-state index >= 15 is 0 Å². The van der Waals surface area contributed by atoms with E-state index in [4.69, 9.17) is 4.74 Å². The number of hydrogen-bond acceptors (Lipinski definition) is 6. The maximum absolute atomic E-state index is 14.3. The third-order valence-corrected chi connectivity index (χ3v) is 10.8. The number of aliphatic hydroxyl groups excluding tert-OH is 1. The second-order valence-electron chi connectivity index (χ2n) is 11.5. The van der Waals surface area contributed by atoms with Crippen LogP contribution in [-0.4, -0.2) is 46.5 Å². The molecular formula is C31H38N2O5S. The number of aliphatic hydroxyl groups is 1. The molecule has 0 amide bonds. The van der Waals surface area contributed by atoms with Crippen molar-refractivity contribution < 1.29 is 23.1 Å². The molecule has 1 aromatic heterocycles. The number of esters is 1. The molecule has 5 rings (SSSR count). The van der Waals surface area contributed by atoms with Crippen LogP contribution in [0.5, 0.6) is 0 Å². The molecule has 1 saturated heterocycles. The molecule has 4 unspecified atom stereocenters. The van der Waals surface area contributed by atoms with Gasteiger partial charge in [0.25, 0.3) is 0 Å². The lowest BCUT2D eigenvalue weighted by molar-refractivity contribution is -0.233. The van der Waals surface area contributed by atoms with Gasteiger partial charge in [-0.1, -0.05) is 74.0 Å². The molecule has 0 radical (unpaired) electrons. The van der Waals surface area contributed by atoms with Crippen LogP contribution in [0.25, 0.3) is 0 Å². The van der Waals surface area contributed by atoms with E-state index in [1.807, 2.05) is 62.4 Å². The molecule has 1 N–H and O–H groups in total. The molecule has 1 aliphatic carbocycles. The molecule has 1 saturated carbocycles. The van der Waals surface area contributed by atoms with Crippen molar-refractivity contribution in [2.45, 2.75) is 74.5 Å². The number of benzene rings is 2. The summed E-state index contributed by atoms with van der Waals surface area (Å²) >= 11 is 0. The highest BCUT2D eigenvalue weighted by Crippen LogP contribution is 2.61. The monoisotopic (exact) mass is 550 g/mol. The van der Waals surface area contributed by atoms with Gasteiger partial charge in [-0.05, 0) is 56.1 Å². The number of carbonyl (C=O) groups excluding carboxylic acids is 1. The number of ether oxygens (including phenoxy) is 1. The van der Waals surface area contributed by atoms with E-state index in [-0.39, 0.29) is 10.9 Å². The molecular weight excluding hydrogens is 512 g/mol. The van der Waals surface area contributed by atoms with E-state index < -0.39 is 44.1 Å². The van der Waals surface area contributed by atoms with Gasteiger partial charge in [0.15, 0.2) is 14.9 Å². The summed E-state index contributed by atoms with van der Waals surface area (Å²) in [6.07, 6.45) is 5.37. The average molecular weight is 551 g/mol. The van der Waals surface area contributed by atoms with Crippen molar-refractivity contribution in [1.82, 2.24) is 9.55 Å². The zero-order chi connectivity index (χ0) is 27.9. The number of nitrogens with zero attached hydrogens (tertiary/aromatic N) is 2. The van der Waals surface area contributed by atoms with Gasteiger partial charge in [-0.25, -0.2) is 13.4 Å². The Morgan fingerprint density at radius 2 is 1.69 bits per heavy atom. The van der Waals surface area contributed by atoms with Gasteiger partial charge >= 0.3 is 5.97 Å². The maximum Gasteiger partial charge on any atom is 0.316 e. The van der Waals surface area contributed by atoms with E-state index in [9.17, 15) is 18.3 Å². The van der Waals surface area contributed by atoms with Crippen molar-refractivity contribution in [3.63, 3.8) is 0 Å². The third-order valence-electron chi connectivity index (χ3n) is 9.07. The van der Waals surface area contributed by atoms with Crippen LogP contribution in [0.2, 0.25) is 0 Å². The predicted molar refractivity (Wildman–Crippen MR) is 149 cm³/mol. The van der Waals surface area contributed by atoms with Gasteiger partial charge in [-0.3, -0.25) is 4.79 Å². The number of rotatable bonds is 10. The van der Waals surface area contributed by atoms with E-state index in [0.29, 0.717) is 32.1 Å². The van der Waals surface area contributed by atoms with Crippen LogP contribution in [0.4, 0.5) is 0 Å². The number of aryl methyl sites for hydroxylation is 2. The van der Waals surface area contributed by atoms with Crippen LogP contribution >= 0.6 is 0 Å². The van der Waals surface area contributed by atoms with Crippen LogP contribution in [0.15, 0.2) is 78.2 Å². The van der Waals surface area contributed by atoms with Crippen molar-refractivity contribution in [2.24, 2.45) is 18.4 Å². The van der Waals surface area contributed by atoms with Crippen molar-refractivity contribution in [2.75, 3.05) is 5.75 Å². The van der Waals surface area contributed by atoms with Crippen LogP contribution < -0.4 is 0 Å². The lowest BCUT2D eigenvalue weighted by Gasteiger charge is -2.60. The molecule has 0 spiro atoms. The van der Waals surface area contributed by atoms with Crippen LogP contribution in [0, 0.1) is 11.3 Å². The molecule has 2 heterocycles. The number of hydrogen-bond donors (Lipinski definition) is 1. The van der Waals surface area contributed by atoms with Crippen molar-refractivity contribution in [1.29, 1.82) is 0 Å². The highest BCUT2D eigenvalue weighted by Gasteiger charge is 2.72. The smallest absolute Gasteiger partial charge is 0.316 e. The van der Waals surface area contributed by atoms with E-state index in [1.165, 1.54) is 12.5 Å². The summed E-state index contributed by atoms with van der Waals surface area (Å²) in [6, 6.07) is 19.7. The van der Waals surface area contributed by atoms with E-state index in [1.54, 1.807) is 11.6 Å². The van der Waals surface area contributed by atoms with Crippen molar-refractivity contribution >= 4 is 15.8 Å². The van der Waals surface area contributed by atoms with Gasteiger partial charge in [0, 0.05) is 13.2 Å². The number of carbonyl (C=O) groups is 1. The molecule has 2 aliphatic rings. The van der Waals surface area contributed by atoms with Gasteiger partial charge in [0.05, 0.1) is 23.6 Å². The zero-order valence-corrected chi connectivity index (χ0v) is 23.7. The first-order chi connectivity index (χ1) is 18.6. The highest BCUT2D eigenvalue weighted by atomic mass is 32.2. The normalized spacial score (nSPS) is 29.2. The predicted octanol–water partition coefficient (Wildman–Crippen LogP) is 4.64. The van der Waals surface area contributed by atoms with Crippen molar-refractivity contribution in [3.05, 3.63) is 84.3 Å². The Morgan fingerprint density at radius 3 is 2.26 bits per heavy atom. The minimum Gasteiger partial charge on any atom is -0.457 e. The summed E-state index contributed by atoms with van der Waals surface area (Å²) in [6.45, 7) is 4.01. The standard InChI is InChI=1S/C31H38N2O5S/c1-4-18-30(19-17-23-11-7-5-8-12-23)29(2,24-13-9-6-10-14-24)27(34)31(25-15-16-25,28(35)38-30)21-39(36,37)26-20-33(3)22-32-26/h5-14,20,22,25,27,34H,4,15-19,21H2,1-3H3. The average Bonchev–Trinajstić information content (AvgIpc) is 3.69. The number of cyclic esters (lactones) is 1.